The summed E-state index contributed by atoms with van der Waals surface area (Å²) in [5.41, 5.74) is 1.52. The number of carbonyl (C=O) groups is 2. The van der Waals surface area contributed by atoms with Gasteiger partial charge in [0, 0.05) is 10.6 Å². The first-order chi connectivity index (χ1) is 11.6. The summed E-state index contributed by atoms with van der Waals surface area (Å²) in [6.45, 7) is -0.344. The summed E-state index contributed by atoms with van der Waals surface area (Å²) < 4.78 is 5.15. The van der Waals surface area contributed by atoms with Crippen LogP contribution in [-0.4, -0.2) is 36.4 Å². The van der Waals surface area contributed by atoms with Crippen LogP contribution >= 0.6 is 11.8 Å². The number of aliphatic carboxylic acids is 1. The lowest BCUT2D eigenvalue weighted by Gasteiger charge is -2.24. The van der Waals surface area contributed by atoms with Crippen molar-refractivity contribution in [1.82, 2.24) is 0 Å². The van der Waals surface area contributed by atoms with E-state index in [0.717, 1.165) is 16.2 Å². The topological polar surface area (TPSA) is 66.8 Å². The molecule has 0 aliphatic carbocycles. The Morgan fingerprint density at radius 2 is 1.96 bits per heavy atom. The third-order valence-electron chi connectivity index (χ3n) is 3.94. The lowest BCUT2D eigenvalue weighted by Crippen LogP contribution is -2.39. The second-order valence-corrected chi connectivity index (χ2v) is 6.48. The standard InChI is InChI=1S/C18H17NO4S/c1-23-13-8-6-12(7-9-13)14-11-24-16-5-3-2-4-15(16)19(18(14)22)10-17(20)21/h2-9,14H,10-11H2,1H3,(H,20,21). The van der Waals surface area contributed by atoms with E-state index in [1.54, 1.807) is 24.9 Å². The van der Waals surface area contributed by atoms with Crippen molar-refractivity contribution in [3.63, 3.8) is 0 Å². The van der Waals surface area contributed by atoms with E-state index < -0.39 is 11.9 Å². The number of anilines is 1. The summed E-state index contributed by atoms with van der Waals surface area (Å²) in [5.74, 6) is -0.331. The van der Waals surface area contributed by atoms with Crippen LogP contribution in [0.25, 0.3) is 0 Å². The van der Waals surface area contributed by atoms with Crippen molar-refractivity contribution in [2.75, 3.05) is 24.3 Å². The molecule has 2 aromatic carbocycles. The number of carbonyl (C=O) groups excluding carboxylic acids is 1. The van der Waals surface area contributed by atoms with Gasteiger partial charge in [0.2, 0.25) is 5.91 Å². The fourth-order valence-electron chi connectivity index (χ4n) is 2.73. The van der Waals surface area contributed by atoms with Gasteiger partial charge in [-0.2, -0.15) is 0 Å². The fourth-order valence-corrected chi connectivity index (χ4v) is 3.91. The van der Waals surface area contributed by atoms with Gasteiger partial charge in [0.05, 0.1) is 18.7 Å². The molecule has 0 spiro atoms. The molecule has 24 heavy (non-hydrogen) atoms. The fraction of sp³-hybridized carbons (Fsp3) is 0.222. The third kappa shape index (κ3) is 3.23. The first kappa shape index (κ1) is 16.4. The van der Waals surface area contributed by atoms with Gasteiger partial charge < -0.3 is 9.84 Å². The molecule has 2 aromatic rings. The second-order valence-electron chi connectivity index (χ2n) is 5.42. The van der Waals surface area contributed by atoms with Gasteiger partial charge in [0.25, 0.3) is 0 Å². The smallest absolute Gasteiger partial charge is 0.323 e. The molecule has 1 N–H and O–H groups in total. The van der Waals surface area contributed by atoms with Crippen molar-refractivity contribution in [3.8, 4) is 5.75 Å². The van der Waals surface area contributed by atoms with E-state index in [-0.39, 0.29) is 12.5 Å². The second kappa shape index (κ2) is 6.97. The van der Waals surface area contributed by atoms with Crippen LogP contribution in [-0.2, 0) is 9.59 Å². The number of methoxy groups -OCH3 is 1. The number of hydrogen-bond acceptors (Lipinski definition) is 4. The molecule has 0 aromatic heterocycles. The number of para-hydroxylation sites is 1. The number of carboxylic acid groups (broad SMARTS) is 1. The van der Waals surface area contributed by atoms with Crippen molar-refractivity contribution < 1.29 is 19.4 Å². The van der Waals surface area contributed by atoms with Crippen molar-refractivity contribution in [1.29, 1.82) is 0 Å². The maximum atomic E-state index is 13.0. The predicted octanol–water partition coefficient (Wildman–Crippen LogP) is 3.00. The Morgan fingerprint density at radius 3 is 2.62 bits per heavy atom. The molecule has 1 aliphatic rings. The van der Waals surface area contributed by atoms with Crippen LogP contribution < -0.4 is 9.64 Å². The number of nitrogens with zero attached hydrogens (tertiary/aromatic N) is 1. The van der Waals surface area contributed by atoms with Gasteiger partial charge >= 0.3 is 5.97 Å². The number of ether oxygens (including phenoxy) is 1. The molecule has 1 atom stereocenters. The summed E-state index contributed by atoms with van der Waals surface area (Å²) >= 11 is 1.57. The molecular formula is C18H17NO4S. The maximum absolute atomic E-state index is 13.0. The normalized spacial score (nSPS) is 17.1. The Morgan fingerprint density at radius 1 is 1.25 bits per heavy atom. The van der Waals surface area contributed by atoms with Gasteiger partial charge in [-0.1, -0.05) is 24.3 Å². The first-order valence-corrected chi connectivity index (χ1v) is 8.47. The van der Waals surface area contributed by atoms with Crippen LogP contribution in [0.1, 0.15) is 11.5 Å². The molecule has 1 heterocycles. The van der Waals surface area contributed by atoms with E-state index in [1.807, 2.05) is 42.5 Å². The summed E-state index contributed by atoms with van der Waals surface area (Å²) in [6.07, 6.45) is 0. The minimum atomic E-state index is -1.03. The zero-order chi connectivity index (χ0) is 17.1. The highest BCUT2D eigenvalue weighted by Gasteiger charge is 2.32. The monoisotopic (exact) mass is 343 g/mol. The molecule has 1 aliphatic heterocycles. The number of amides is 1. The Labute approximate surface area is 144 Å². The number of rotatable bonds is 4. The lowest BCUT2D eigenvalue weighted by atomic mass is 9.99. The van der Waals surface area contributed by atoms with Gasteiger partial charge in [0.1, 0.15) is 12.3 Å². The molecule has 0 bridgehead atoms. The highest BCUT2D eigenvalue weighted by atomic mass is 32.2. The molecule has 0 saturated carbocycles. The average molecular weight is 343 g/mol. The van der Waals surface area contributed by atoms with Crippen LogP contribution in [0.4, 0.5) is 5.69 Å². The molecule has 124 valence electrons. The molecular weight excluding hydrogens is 326 g/mol. The number of benzene rings is 2. The van der Waals surface area contributed by atoms with E-state index in [1.165, 1.54) is 4.90 Å². The molecule has 5 nitrogen and oxygen atoms in total. The summed E-state index contributed by atoms with van der Waals surface area (Å²) in [6, 6.07) is 14.8. The summed E-state index contributed by atoms with van der Waals surface area (Å²) in [4.78, 5) is 26.5. The molecule has 1 unspecified atom stereocenters. The van der Waals surface area contributed by atoms with Gasteiger partial charge in [-0.15, -0.1) is 11.8 Å². The Bertz CT molecular complexity index is 760. The quantitative estimate of drug-likeness (QED) is 0.924. The Hall–Kier alpha value is -2.47. The van der Waals surface area contributed by atoms with E-state index >= 15 is 0 Å². The third-order valence-corrected chi connectivity index (χ3v) is 5.09. The molecule has 0 saturated heterocycles. The average Bonchev–Trinajstić information content (AvgIpc) is 2.73. The van der Waals surface area contributed by atoms with Crippen LogP contribution in [0.3, 0.4) is 0 Å². The SMILES string of the molecule is COc1ccc(C2CSc3ccccc3N(CC(=O)O)C2=O)cc1. The first-order valence-electron chi connectivity index (χ1n) is 7.49. The zero-order valence-corrected chi connectivity index (χ0v) is 14.0. The number of hydrogen-bond donors (Lipinski definition) is 1. The molecule has 0 fully saturated rings. The van der Waals surface area contributed by atoms with Crippen LogP contribution in [0, 0.1) is 0 Å². The van der Waals surface area contributed by atoms with Gasteiger partial charge in [-0.25, -0.2) is 0 Å². The highest BCUT2D eigenvalue weighted by molar-refractivity contribution is 7.99. The Kier molecular flexibility index (Phi) is 4.76. The van der Waals surface area contributed by atoms with Crippen molar-refractivity contribution in [2.24, 2.45) is 0 Å². The zero-order valence-electron chi connectivity index (χ0n) is 13.1. The number of carboxylic acids is 1. The van der Waals surface area contributed by atoms with Crippen molar-refractivity contribution in [3.05, 3.63) is 54.1 Å². The lowest BCUT2D eigenvalue weighted by molar-refractivity contribution is -0.136. The van der Waals surface area contributed by atoms with Crippen molar-refractivity contribution >= 4 is 29.3 Å². The van der Waals surface area contributed by atoms with Crippen LogP contribution in [0.5, 0.6) is 5.75 Å². The summed E-state index contributed by atoms with van der Waals surface area (Å²) in [7, 11) is 1.59. The summed E-state index contributed by atoms with van der Waals surface area (Å²) in [5, 5.41) is 9.21. The molecule has 3 rings (SSSR count). The van der Waals surface area contributed by atoms with Gasteiger partial charge in [-0.05, 0) is 29.8 Å². The van der Waals surface area contributed by atoms with Gasteiger partial charge in [-0.3, -0.25) is 14.5 Å². The number of fused-ring (bicyclic) bond motifs is 1. The van der Waals surface area contributed by atoms with E-state index in [9.17, 15) is 14.7 Å². The van der Waals surface area contributed by atoms with E-state index in [2.05, 4.69) is 0 Å². The maximum Gasteiger partial charge on any atom is 0.323 e. The highest BCUT2D eigenvalue weighted by Crippen LogP contribution is 2.39. The number of thioether (sulfide) groups is 1. The van der Waals surface area contributed by atoms with Crippen LogP contribution in [0.15, 0.2) is 53.4 Å². The Balaban J connectivity index is 1.98. The van der Waals surface area contributed by atoms with E-state index in [4.69, 9.17) is 4.74 Å². The van der Waals surface area contributed by atoms with Gasteiger partial charge in [0.15, 0.2) is 0 Å². The minimum Gasteiger partial charge on any atom is -0.497 e. The molecule has 1 amide bonds. The minimum absolute atomic E-state index is 0.194. The largest absolute Gasteiger partial charge is 0.497 e. The van der Waals surface area contributed by atoms with Crippen LogP contribution in [0.2, 0.25) is 0 Å². The molecule has 6 heteroatoms. The predicted molar refractivity (Wildman–Crippen MR) is 92.9 cm³/mol. The van der Waals surface area contributed by atoms with E-state index in [0.29, 0.717) is 11.4 Å². The molecule has 0 radical (unpaired) electrons. The van der Waals surface area contributed by atoms with Crippen molar-refractivity contribution in [2.45, 2.75) is 10.8 Å².